The fraction of sp³-hybridized carbons (Fsp3) is 0.833. The van der Waals surface area contributed by atoms with E-state index in [2.05, 4.69) is 0 Å². The lowest BCUT2D eigenvalue weighted by Gasteiger charge is -2.25. The van der Waals surface area contributed by atoms with Crippen LogP contribution in [-0.2, 0) is 4.79 Å². The van der Waals surface area contributed by atoms with Crippen LogP contribution in [0, 0.1) is 20.2 Å². The quantitative estimate of drug-likeness (QED) is 0.411. The van der Waals surface area contributed by atoms with E-state index in [0.717, 1.165) is 0 Å². The number of likely N-dealkylation sites (N-methyl/N-ethyl adjacent to an activating group) is 1. The van der Waals surface area contributed by atoms with E-state index in [0.29, 0.717) is 0 Å². The second-order valence-corrected chi connectivity index (χ2v) is 3.23. The molecule has 1 fully saturated rings. The van der Waals surface area contributed by atoms with Crippen molar-refractivity contribution in [2.45, 2.75) is 12.1 Å². The molecule has 8 nitrogen and oxygen atoms in total. The van der Waals surface area contributed by atoms with Crippen LogP contribution in [0.2, 0.25) is 0 Å². The second kappa shape index (κ2) is 3.66. The molecule has 14 heavy (non-hydrogen) atoms. The molecule has 0 radical (unpaired) electrons. The van der Waals surface area contributed by atoms with E-state index in [1.165, 1.54) is 11.9 Å². The Morgan fingerprint density at radius 2 is 1.57 bits per heavy atom. The van der Waals surface area contributed by atoms with Crippen LogP contribution >= 0.6 is 0 Å². The van der Waals surface area contributed by atoms with Crippen LogP contribution in [-0.4, -0.2) is 52.8 Å². The zero-order valence-corrected chi connectivity index (χ0v) is 7.45. The maximum atomic E-state index is 11.2. The van der Waals surface area contributed by atoms with Crippen LogP contribution in [0.1, 0.15) is 0 Å². The van der Waals surface area contributed by atoms with E-state index < -0.39 is 27.7 Å². The van der Waals surface area contributed by atoms with Crippen LogP contribution in [0.5, 0.6) is 0 Å². The van der Waals surface area contributed by atoms with Gasteiger partial charge in [-0.05, 0) is 7.05 Å². The van der Waals surface area contributed by atoms with Gasteiger partial charge in [0, 0.05) is 9.85 Å². The average Bonchev–Trinajstić information content (AvgIpc) is 2.07. The normalized spacial score (nSPS) is 28.8. The van der Waals surface area contributed by atoms with Crippen molar-refractivity contribution in [1.82, 2.24) is 4.90 Å². The predicted molar refractivity (Wildman–Crippen MR) is 44.1 cm³/mol. The van der Waals surface area contributed by atoms with Crippen molar-refractivity contribution in [3.05, 3.63) is 20.2 Å². The summed E-state index contributed by atoms with van der Waals surface area (Å²) in [5.41, 5.74) is 0. The van der Waals surface area contributed by atoms with Crippen LogP contribution in [0.3, 0.4) is 0 Å². The van der Waals surface area contributed by atoms with Crippen LogP contribution < -0.4 is 0 Å². The molecule has 1 aliphatic heterocycles. The summed E-state index contributed by atoms with van der Waals surface area (Å²) in [5, 5.41) is 20.8. The first kappa shape index (κ1) is 10.5. The van der Waals surface area contributed by atoms with Crippen LogP contribution in [0.4, 0.5) is 0 Å². The number of piperidine rings is 1. The number of ketones is 1. The van der Waals surface area contributed by atoms with Gasteiger partial charge in [-0.15, -0.1) is 0 Å². The molecule has 1 aliphatic rings. The summed E-state index contributed by atoms with van der Waals surface area (Å²) in [5.74, 6) is -0.905. The topological polar surface area (TPSA) is 107 Å². The maximum absolute atomic E-state index is 11.2. The van der Waals surface area contributed by atoms with Crippen LogP contribution in [0.15, 0.2) is 0 Å². The first-order valence-corrected chi connectivity index (χ1v) is 3.92. The standard InChI is InChI=1S/C6H9N3O5/c1-7-2-4(8(11)12)6(10)5(3-7)9(13)14/h4-5H,2-3H2,1H3/t4-,5-/m0/s1. The van der Waals surface area contributed by atoms with Crippen molar-refractivity contribution in [3.63, 3.8) is 0 Å². The van der Waals surface area contributed by atoms with E-state index in [9.17, 15) is 25.0 Å². The Morgan fingerprint density at radius 1 is 1.21 bits per heavy atom. The maximum Gasteiger partial charge on any atom is 0.289 e. The van der Waals surface area contributed by atoms with E-state index in [1.807, 2.05) is 0 Å². The van der Waals surface area contributed by atoms with Gasteiger partial charge >= 0.3 is 0 Å². The van der Waals surface area contributed by atoms with E-state index in [-0.39, 0.29) is 13.1 Å². The van der Waals surface area contributed by atoms with E-state index in [4.69, 9.17) is 0 Å². The molecular formula is C6H9N3O5. The predicted octanol–water partition coefficient (Wildman–Crippen LogP) is -1.21. The Kier molecular flexibility index (Phi) is 2.75. The molecule has 8 heteroatoms. The third kappa shape index (κ3) is 1.84. The summed E-state index contributed by atoms with van der Waals surface area (Å²) in [6.45, 7) is -0.119. The number of carbonyl (C=O) groups excluding carboxylic acids is 1. The summed E-state index contributed by atoms with van der Waals surface area (Å²) in [4.78, 5) is 32.0. The van der Waals surface area contributed by atoms with Crippen molar-refractivity contribution in [1.29, 1.82) is 0 Å². The fourth-order valence-electron chi connectivity index (χ4n) is 1.41. The molecule has 0 amide bonds. The first-order valence-electron chi connectivity index (χ1n) is 3.92. The Labute approximate surface area is 78.8 Å². The second-order valence-electron chi connectivity index (χ2n) is 3.23. The number of hydrogen-bond donors (Lipinski definition) is 0. The Balaban J connectivity index is 2.86. The van der Waals surface area contributed by atoms with Crippen molar-refractivity contribution in [2.24, 2.45) is 0 Å². The van der Waals surface area contributed by atoms with Gasteiger partial charge in [-0.3, -0.25) is 29.9 Å². The number of likely N-dealkylation sites (tertiary alicyclic amines) is 1. The molecule has 0 aromatic carbocycles. The molecule has 1 saturated heterocycles. The summed E-state index contributed by atoms with van der Waals surface area (Å²) in [6, 6.07) is -2.94. The lowest BCUT2D eigenvalue weighted by atomic mass is 10.0. The summed E-state index contributed by atoms with van der Waals surface area (Å²) in [6.07, 6.45) is 0. The van der Waals surface area contributed by atoms with E-state index in [1.54, 1.807) is 0 Å². The third-order valence-corrected chi connectivity index (χ3v) is 2.14. The van der Waals surface area contributed by atoms with Gasteiger partial charge in [0.15, 0.2) is 0 Å². The highest BCUT2D eigenvalue weighted by Crippen LogP contribution is 2.10. The molecule has 0 saturated carbocycles. The van der Waals surface area contributed by atoms with Gasteiger partial charge in [0.05, 0.1) is 13.1 Å². The number of nitro groups is 2. The highest BCUT2D eigenvalue weighted by Gasteiger charge is 2.47. The number of nitrogens with zero attached hydrogens (tertiary/aromatic N) is 3. The van der Waals surface area contributed by atoms with Gasteiger partial charge in [-0.1, -0.05) is 0 Å². The van der Waals surface area contributed by atoms with Gasteiger partial charge in [0.25, 0.3) is 17.9 Å². The Bertz CT molecular complexity index is 265. The zero-order chi connectivity index (χ0) is 10.9. The fourth-order valence-corrected chi connectivity index (χ4v) is 1.41. The van der Waals surface area contributed by atoms with Gasteiger partial charge in [0.1, 0.15) is 0 Å². The molecular weight excluding hydrogens is 194 g/mol. The van der Waals surface area contributed by atoms with Crippen molar-refractivity contribution in [3.8, 4) is 0 Å². The molecule has 1 heterocycles. The highest BCUT2D eigenvalue weighted by atomic mass is 16.6. The molecule has 0 N–H and O–H groups in total. The van der Waals surface area contributed by atoms with E-state index >= 15 is 0 Å². The molecule has 1 rings (SSSR count). The first-order chi connectivity index (χ1) is 6.43. The average molecular weight is 203 g/mol. The molecule has 0 spiro atoms. The molecule has 2 atom stereocenters. The smallest absolute Gasteiger partial charge is 0.289 e. The monoisotopic (exact) mass is 203 g/mol. The highest BCUT2D eigenvalue weighted by molar-refractivity contribution is 5.88. The zero-order valence-electron chi connectivity index (χ0n) is 7.45. The van der Waals surface area contributed by atoms with Crippen LogP contribution in [0.25, 0.3) is 0 Å². The number of carbonyl (C=O) groups is 1. The molecule has 0 bridgehead atoms. The largest absolute Gasteiger partial charge is 0.292 e. The Hall–Kier alpha value is -1.57. The number of hydrogen-bond acceptors (Lipinski definition) is 6. The lowest BCUT2D eigenvalue weighted by Crippen LogP contribution is -2.56. The Morgan fingerprint density at radius 3 is 1.86 bits per heavy atom. The SMILES string of the molecule is CN1C[C@H]([N+](=O)[O-])C(=O)[C@@H]([N+](=O)[O-])C1. The number of rotatable bonds is 2. The molecule has 0 aromatic heterocycles. The van der Waals surface area contributed by atoms with Gasteiger partial charge in [-0.2, -0.15) is 0 Å². The molecule has 0 aliphatic carbocycles. The summed E-state index contributed by atoms with van der Waals surface area (Å²) < 4.78 is 0. The van der Waals surface area contributed by atoms with Gasteiger partial charge in [-0.25, -0.2) is 0 Å². The van der Waals surface area contributed by atoms with Gasteiger partial charge < -0.3 is 0 Å². The third-order valence-electron chi connectivity index (χ3n) is 2.14. The summed E-state index contributed by atoms with van der Waals surface area (Å²) >= 11 is 0. The number of Topliss-reactive ketones (excluding diaryl/α,β-unsaturated/α-hetero) is 1. The molecule has 0 unspecified atom stereocenters. The molecule has 78 valence electrons. The minimum atomic E-state index is -1.47. The summed E-state index contributed by atoms with van der Waals surface area (Å²) in [7, 11) is 1.51. The van der Waals surface area contributed by atoms with Gasteiger partial charge in [0.2, 0.25) is 0 Å². The lowest BCUT2D eigenvalue weighted by molar-refractivity contribution is -0.538. The van der Waals surface area contributed by atoms with Crippen molar-refractivity contribution in [2.75, 3.05) is 20.1 Å². The van der Waals surface area contributed by atoms with Crippen molar-refractivity contribution < 1.29 is 14.6 Å². The van der Waals surface area contributed by atoms with Crippen molar-refractivity contribution >= 4 is 5.78 Å². The minimum absolute atomic E-state index is 0.0594. The minimum Gasteiger partial charge on any atom is -0.292 e. The molecule has 0 aromatic rings.